The molecule has 0 fully saturated rings. The molecule has 4 nitrogen and oxygen atoms in total. The molecule has 20 heavy (non-hydrogen) atoms. The summed E-state index contributed by atoms with van der Waals surface area (Å²) < 4.78 is 1.39. The summed E-state index contributed by atoms with van der Waals surface area (Å²) in [5.74, 6) is 1.05. The van der Waals surface area contributed by atoms with Crippen molar-refractivity contribution in [2.45, 2.75) is 18.7 Å². The molecule has 2 aromatic heterocycles. The minimum absolute atomic E-state index is 0.117. The van der Waals surface area contributed by atoms with E-state index in [0.717, 1.165) is 28.2 Å². The van der Waals surface area contributed by atoms with Crippen molar-refractivity contribution in [3.63, 3.8) is 0 Å². The zero-order chi connectivity index (χ0) is 14.1. The molecule has 1 aromatic carbocycles. The van der Waals surface area contributed by atoms with Gasteiger partial charge in [0.1, 0.15) is 5.65 Å². The summed E-state index contributed by atoms with van der Waals surface area (Å²) in [6.45, 7) is 4.06. The molecule has 2 heterocycles. The zero-order valence-corrected chi connectivity index (χ0v) is 12.2. The van der Waals surface area contributed by atoms with E-state index in [2.05, 4.69) is 29.1 Å². The van der Waals surface area contributed by atoms with Crippen molar-refractivity contribution >= 4 is 17.4 Å². The summed E-state index contributed by atoms with van der Waals surface area (Å²) in [5, 5.41) is 4.06. The summed E-state index contributed by atoms with van der Waals surface area (Å²) in [4.78, 5) is 16.5. The lowest BCUT2D eigenvalue weighted by atomic mass is 10.1. The SMILES string of the molecule is CCSc1ccc(-c2cc(=O)n3ncc(C)c3[nH]2)cc1. The van der Waals surface area contributed by atoms with E-state index >= 15 is 0 Å². The number of H-pyrrole nitrogens is 1. The normalized spacial score (nSPS) is 11.1. The van der Waals surface area contributed by atoms with Gasteiger partial charge in [-0.3, -0.25) is 4.79 Å². The summed E-state index contributed by atoms with van der Waals surface area (Å²) >= 11 is 1.80. The lowest BCUT2D eigenvalue weighted by molar-refractivity contribution is 0.901. The average Bonchev–Trinajstić information content (AvgIpc) is 2.82. The summed E-state index contributed by atoms with van der Waals surface area (Å²) in [5.41, 5.74) is 3.42. The van der Waals surface area contributed by atoms with Gasteiger partial charge in [0.25, 0.3) is 5.56 Å². The Hall–Kier alpha value is -2.01. The Morgan fingerprint density at radius 1 is 1.30 bits per heavy atom. The quantitative estimate of drug-likeness (QED) is 0.752. The van der Waals surface area contributed by atoms with Crippen LogP contribution in [0.4, 0.5) is 0 Å². The predicted octanol–water partition coefficient (Wildman–Crippen LogP) is 3.11. The molecular formula is C15H15N3OS. The van der Waals surface area contributed by atoms with E-state index in [-0.39, 0.29) is 5.56 Å². The molecule has 0 aliphatic rings. The highest BCUT2D eigenvalue weighted by molar-refractivity contribution is 7.99. The van der Waals surface area contributed by atoms with Crippen LogP contribution in [0.5, 0.6) is 0 Å². The third-order valence-corrected chi connectivity index (χ3v) is 4.05. The maximum absolute atomic E-state index is 12.0. The monoisotopic (exact) mass is 285 g/mol. The van der Waals surface area contributed by atoms with Crippen LogP contribution in [0.15, 0.2) is 46.2 Å². The largest absolute Gasteiger partial charge is 0.339 e. The van der Waals surface area contributed by atoms with Gasteiger partial charge in [0.2, 0.25) is 0 Å². The fourth-order valence-corrected chi connectivity index (χ4v) is 2.81. The first kappa shape index (κ1) is 13.0. The van der Waals surface area contributed by atoms with Crippen molar-refractivity contribution in [1.29, 1.82) is 0 Å². The number of aryl methyl sites for hydroxylation is 1. The molecule has 0 saturated heterocycles. The lowest BCUT2D eigenvalue weighted by Crippen LogP contribution is -2.14. The van der Waals surface area contributed by atoms with E-state index in [1.54, 1.807) is 24.0 Å². The van der Waals surface area contributed by atoms with Crippen molar-refractivity contribution in [2.24, 2.45) is 0 Å². The molecular weight excluding hydrogens is 270 g/mol. The van der Waals surface area contributed by atoms with Crippen molar-refractivity contribution in [1.82, 2.24) is 14.6 Å². The molecule has 102 valence electrons. The molecule has 0 atom stereocenters. The minimum atomic E-state index is -0.117. The van der Waals surface area contributed by atoms with Gasteiger partial charge >= 0.3 is 0 Å². The van der Waals surface area contributed by atoms with Gasteiger partial charge in [0.15, 0.2) is 0 Å². The molecule has 0 bridgehead atoms. The number of benzene rings is 1. The van der Waals surface area contributed by atoms with Crippen LogP contribution in [-0.2, 0) is 0 Å². The summed E-state index contributed by atoms with van der Waals surface area (Å²) in [7, 11) is 0. The van der Waals surface area contributed by atoms with E-state index in [1.165, 1.54) is 9.41 Å². The van der Waals surface area contributed by atoms with Gasteiger partial charge in [-0.1, -0.05) is 19.1 Å². The molecule has 0 aliphatic heterocycles. The first-order valence-corrected chi connectivity index (χ1v) is 7.48. The molecule has 0 spiro atoms. The first-order chi connectivity index (χ1) is 9.69. The van der Waals surface area contributed by atoms with E-state index < -0.39 is 0 Å². The van der Waals surface area contributed by atoms with Crippen molar-refractivity contribution in [3.8, 4) is 11.3 Å². The maximum atomic E-state index is 12.0. The lowest BCUT2D eigenvalue weighted by Gasteiger charge is -2.05. The average molecular weight is 285 g/mol. The van der Waals surface area contributed by atoms with Crippen molar-refractivity contribution in [3.05, 3.63) is 52.4 Å². The van der Waals surface area contributed by atoms with Crippen LogP contribution in [-0.4, -0.2) is 20.4 Å². The van der Waals surface area contributed by atoms with Crippen molar-refractivity contribution in [2.75, 3.05) is 5.75 Å². The first-order valence-electron chi connectivity index (χ1n) is 6.50. The van der Waals surface area contributed by atoms with Gasteiger partial charge in [-0.2, -0.15) is 9.61 Å². The number of nitrogens with one attached hydrogen (secondary N) is 1. The number of aromatic amines is 1. The Labute approximate surface area is 120 Å². The molecule has 3 aromatic rings. The molecule has 0 radical (unpaired) electrons. The fourth-order valence-electron chi connectivity index (χ4n) is 2.15. The van der Waals surface area contributed by atoms with E-state index in [9.17, 15) is 4.79 Å². The third-order valence-electron chi connectivity index (χ3n) is 3.16. The highest BCUT2D eigenvalue weighted by atomic mass is 32.2. The molecule has 1 N–H and O–H groups in total. The Balaban J connectivity index is 2.09. The standard InChI is InChI=1S/C15H15N3OS/c1-3-20-12-6-4-11(5-7-12)13-8-14(19)18-15(17-13)10(2)9-16-18/h4-9,17H,3H2,1-2H3. The number of hydrogen-bond acceptors (Lipinski definition) is 3. The minimum Gasteiger partial charge on any atom is -0.339 e. The highest BCUT2D eigenvalue weighted by Crippen LogP contribution is 2.22. The van der Waals surface area contributed by atoms with Crippen LogP contribution < -0.4 is 5.56 Å². The molecule has 5 heteroatoms. The Bertz CT molecular complexity index is 802. The van der Waals surface area contributed by atoms with Gasteiger partial charge in [0, 0.05) is 16.5 Å². The molecule has 0 unspecified atom stereocenters. The number of thioether (sulfide) groups is 1. The summed E-state index contributed by atoms with van der Waals surface area (Å²) in [6, 6.07) is 9.81. The molecule has 3 rings (SSSR count). The predicted molar refractivity (Wildman–Crippen MR) is 82.4 cm³/mol. The van der Waals surface area contributed by atoms with E-state index in [1.807, 2.05) is 19.1 Å². The molecule has 0 saturated carbocycles. The van der Waals surface area contributed by atoms with Gasteiger partial charge in [-0.05, 0) is 30.4 Å². The van der Waals surface area contributed by atoms with Crippen LogP contribution >= 0.6 is 11.8 Å². The smallest absolute Gasteiger partial charge is 0.274 e. The second-order valence-electron chi connectivity index (χ2n) is 4.57. The van der Waals surface area contributed by atoms with E-state index in [0.29, 0.717) is 0 Å². The number of nitrogens with zero attached hydrogens (tertiary/aromatic N) is 2. The van der Waals surface area contributed by atoms with Gasteiger partial charge in [-0.25, -0.2) is 0 Å². The van der Waals surface area contributed by atoms with Crippen LogP contribution in [0.2, 0.25) is 0 Å². The molecule has 0 amide bonds. The highest BCUT2D eigenvalue weighted by Gasteiger charge is 2.07. The van der Waals surface area contributed by atoms with Gasteiger partial charge in [-0.15, -0.1) is 11.8 Å². The van der Waals surface area contributed by atoms with Crippen LogP contribution in [0.25, 0.3) is 16.9 Å². The fraction of sp³-hybridized carbons (Fsp3) is 0.200. The number of aromatic nitrogens is 3. The topological polar surface area (TPSA) is 50.2 Å². The second kappa shape index (κ2) is 5.17. The van der Waals surface area contributed by atoms with Gasteiger partial charge in [0.05, 0.1) is 11.9 Å². The summed E-state index contributed by atoms with van der Waals surface area (Å²) in [6.07, 6.45) is 1.69. The van der Waals surface area contributed by atoms with Crippen molar-refractivity contribution < 1.29 is 0 Å². The van der Waals surface area contributed by atoms with Crippen LogP contribution in [0.3, 0.4) is 0 Å². The third kappa shape index (κ3) is 2.25. The Morgan fingerprint density at radius 3 is 2.75 bits per heavy atom. The maximum Gasteiger partial charge on any atom is 0.274 e. The van der Waals surface area contributed by atoms with Gasteiger partial charge < -0.3 is 4.98 Å². The van der Waals surface area contributed by atoms with E-state index in [4.69, 9.17) is 0 Å². The Kier molecular flexibility index (Phi) is 3.36. The number of hydrogen-bond donors (Lipinski definition) is 1. The zero-order valence-electron chi connectivity index (χ0n) is 11.4. The second-order valence-corrected chi connectivity index (χ2v) is 5.90. The van der Waals surface area contributed by atoms with Crippen LogP contribution in [0.1, 0.15) is 12.5 Å². The van der Waals surface area contributed by atoms with Crippen LogP contribution in [0, 0.1) is 6.92 Å². The Morgan fingerprint density at radius 2 is 2.05 bits per heavy atom. The number of rotatable bonds is 3. The number of fused-ring (bicyclic) bond motifs is 1. The molecule has 0 aliphatic carbocycles.